The maximum atomic E-state index is 13.1. The van der Waals surface area contributed by atoms with Crippen LogP contribution in [-0.2, 0) is 11.3 Å². The van der Waals surface area contributed by atoms with Gasteiger partial charge in [-0.05, 0) is 66.8 Å². The summed E-state index contributed by atoms with van der Waals surface area (Å²) in [5.74, 6) is 0.572. The van der Waals surface area contributed by atoms with Gasteiger partial charge >= 0.3 is 0 Å². The Morgan fingerprint density at radius 2 is 2.09 bits per heavy atom. The number of nitrogens with zero attached hydrogens (tertiary/aromatic N) is 4. The zero-order valence-corrected chi connectivity index (χ0v) is 19.8. The van der Waals surface area contributed by atoms with Gasteiger partial charge in [-0.3, -0.25) is 9.59 Å². The molecule has 2 amide bonds. The molecule has 2 N–H and O–H groups in total. The van der Waals surface area contributed by atoms with Crippen LogP contribution >= 0.6 is 11.6 Å². The van der Waals surface area contributed by atoms with Crippen molar-refractivity contribution >= 4 is 29.1 Å². The third-order valence-electron chi connectivity index (χ3n) is 6.39. The van der Waals surface area contributed by atoms with Gasteiger partial charge < -0.3 is 15.5 Å². The molecule has 3 aromatic rings. The average molecular weight is 479 g/mol. The lowest BCUT2D eigenvalue weighted by molar-refractivity contribution is -0.120. The van der Waals surface area contributed by atoms with Gasteiger partial charge in [0.1, 0.15) is 12.7 Å². The second-order valence-corrected chi connectivity index (χ2v) is 9.55. The van der Waals surface area contributed by atoms with Crippen LogP contribution in [0.5, 0.6) is 0 Å². The lowest BCUT2D eigenvalue weighted by Crippen LogP contribution is -2.54. The summed E-state index contributed by atoms with van der Waals surface area (Å²) >= 11 is 6.21. The summed E-state index contributed by atoms with van der Waals surface area (Å²) in [6.45, 7) is 3.21. The van der Waals surface area contributed by atoms with Gasteiger partial charge in [0.25, 0.3) is 5.91 Å². The minimum atomic E-state index is -0.185. The van der Waals surface area contributed by atoms with Crippen molar-refractivity contribution in [3.05, 3.63) is 70.8 Å². The Morgan fingerprint density at radius 3 is 2.85 bits per heavy atom. The SMILES string of the molecule is Cc1cc(C(=O)NCc2cc(Cl)ccc2-n2cncn2)cc(N2CC(=O)NCC2CC2CC2)c1. The van der Waals surface area contributed by atoms with Crippen LogP contribution in [0.3, 0.4) is 0 Å². The first-order valence-corrected chi connectivity index (χ1v) is 11.9. The van der Waals surface area contributed by atoms with E-state index >= 15 is 0 Å². The molecule has 2 heterocycles. The first-order chi connectivity index (χ1) is 16.5. The summed E-state index contributed by atoms with van der Waals surface area (Å²) in [4.78, 5) is 31.5. The van der Waals surface area contributed by atoms with E-state index in [2.05, 4.69) is 31.7 Å². The predicted molar refractivity (Wildman–Crippen MR) is 130 cm³/mol. The molecule has 176 valence electrons. The molecule has 2 aliphatic rings. The number of benzene rings is 2. The van der Waals surface area contributed by atoms with Gasteiger partial charge in [-0.25, -0.2) is 9.67 Å². The van der Waals surface area contributed by atoms with Crippen LogP contribution in [0.15, 0.2) is 49.1 Å². The Balaban J connectivity index is 1.35. The van der Waals surface area contributed by atoms with E-state index in [1.54, 1.807) is 17.1 Å². The predicted octanol–water partition coefficient (Wildman–Crippen LogP) is 3.26. The second-order valence-electron chi connectivity index (χ2n) is 9.12. The van der Waals surface area contributed by atoms with Crippen LogP contribution in [-0.4, -0.2) is 45.7 Å². The minimum Gasteiger partial charge on any atom is -0.357 e. The van der Waals surface area contributed by atoms with Crippen LogP contribution in [0.1, 0.15) is 40.7 Å². The molecule has 8 nitrogen and oxygen atoms in total. The highest BCUT2D eigenvalue weighted by atomic mass is 35.5. The van der Waals surface area contributed by atoms with E-state index in [1.165, 1.54) is 19.2 Å². The van der Waals surface area contributed by atoms with Gasteiger partial charge in [0.2, 0.25) is 5.91 Å². The van der Waals surface area contributed by atoms with Crippen LogP contribution in [0.2, 0.25) is 5.02 Å². The van der Waals surface area contributed by atoms with Gasteiger partial charge in [0.05, 0.1) is 12.2 Å². The second kappa shape index (κ2) is 9.46. The molecule has 1 atom stereocenters. The number of piperazine rings is 1. The van der Waals surface area contributed by atoms with Gasteiger partial charge in [-0.2, -0.15) is 5.10 Å². The zero-order valence-electron chi connectivity index (χ0n) is 19.0. The molecule has 0 radical (unpaired) electrons. The number of hydrogen-bond donors (Lipinski definition) is 2. The number of hydrogen-bond acceptors (Lipinski definition) is 5. The van der Waals surface area contributed by atoms with E-state index in [4.69, 9.17) is 11.6 Å². The molecule has 1 saturated heterocycles. The van der Waals surface area contributed by atoms with Crippen molar-refractivity contribution in [1.82, 2.24) is 25.4 Å². The van der Waals surface area contributed by atoms with E-state index in [1.807, 2.05) is 31.2 Å². The van der Waals surface area contributed by atoms with E-state index in [-0.39, 0.29) is 24.4 Å². The third-order valence-corrected chi connectivity index (χ3v) is 6.63. The molecule has 1 aliphatic heterocycles. The maximum Gasteiger partial charge on any atom is 0.251 e. The smallest absolute Gasteiger partial charge is 0.251 e. The van der Waals surface area contributed by atoms with Gasteiger partial charge in [0.15, 0.2) is 0 Å². The fraction of sp³-hybridized carbons (Fsp3) is 0.360. The van der Waals surface area contributed by atoms with Crippen molar-refractivity contribution in [2.45, 2.75) is 38.8 Å². The fourth-order valence-electron chi connectivity index (χ4n) is 4.52. The van der Waals surface area contributed by atoms with Gasteiger partial charge in [-0.15, -0.1) is 0 Å². The number of carbonyl (C=O) groups is 2. The van der Waals surface area contributed by atoms with Crippen molar-refractivity contribution < 1.29 is 9.59 Å². The molecule has 1 aromatic heterocycles. The summed E-state index contributed by atoms with van der Waals surface area (Å²) < 4.78 is 1.64. The molecule has 1 aliphatic carbocycles. The quantitative estimate of drug-likeness (QED) is 0.543. The monoisotopic (exact) mass is 478 g/mol. The summed E-state index contributed by atoms with van der Waals surface area (Å²) in [6.07, 6.45) is 6.66. The van der Waals surface area contributed by atoms with Gasteiger partial charge in [-0.1, -0.05) is 24.4 Å². The standard InChI is InChI=1S/C25H27ClN6O2/c1-16-6-18(10-21(7-16)31-13-24(33)28-12-22(31)8-17-2-3-17)25(34)29-11-19-9-20(26)4-5-23(19)32-15-27-14-30-32/h4-7,9-10,14-15,17,22H,2-3,8,11-13H2,1H3,(H,28,33)(H,29,34). The number of aryl methyl sites for hydroxylation is 1. The molecule has 5 rings (SSSR count). The van der Waals surface area contributed by atoms with Gasteiger partial charge in [0, 0.05) is 35.4 Å². The molecule has 34 heavy (non-hydrogen) atoms. The van der Waals surface area contributed by atoms with Crippen molar-refractivity contribution in [2.75, 3.05) is 18.0 Å². The first kappa shape index (κ1) is 22.4. The van der Waals surface area contributed by atoms with Crippen molar-refractivity contribution in [3.8, 4) is 5.69 Å². The highest BCUT2D eigenvalue weighted by molar-refractivity contribution is 6.30. The Bertz CT molecular complexity index is 1210. The normalized spacial score (nSPS) is 18.0. The Hall–Kier alpha value is -3.39. The van der Waals surface area contributed by atoms with Crippen molar-refractivity contribution in [1.29, 1.82) is 0 Å². The minimum absolute atomic E-state index is 0.0150. The number of rotatable bonds is 7. The van der Waals surface area contributed by atoms with Crippen molar-refractivity contribution in [3.63, 3.8) is 0 Å². The van der Waals surface area contributed by atoms with Crippen molar-refractivity contribution in [2.24, 2.45) is 5.92 Å². The molecule has 0 spiro atoms. The number of aromatic nitrogens is 3. The zero-order chi connectivity index (χ0) is 23.7. The molecular formula is C25H27ClN6O2. The molecule has 1 saturated carbocycles. The average Bonchev–Trinajstić information content (AvgIpc) is 3.47. The number of amides is 2. The Labute approximate surface area is 203 Å². The van der Waals surface area contributed by atoms with E-state index in [9.17, 15) is 9.59 Å². The lowest BCUT2D eigenvalue weighted by Gasteiger charge is -2.37. The summed E-state index contributed by atoms with van der Waals surface area (Å²) in [5, 5.41) is 10.8. The summed E-state index contributed by atoms with van der Waals surface area (Å²) in [5.41, 5.74) is 4.09. The summed E-state index contributed by atoms with van der Waals surface area (Å²) in [6, 6.07) is 11.5. The highest BCUT2D eigenvalue weighted by Gasteiger charge is 2.33. The number of carbonyl (C=O) groups excluding carboxylic acids is 2. The van der Waals surface area contributed by atoms with E-state index in [0.717, 1.165) is 34.8 Å². The van der Waals surface area contributed by atoms with Crippen LogP contribution < -0.4 is 15.5 Å². The topological polar surface area (TPSA) is 92.2 Å². The van der Waals surface area contributed by atoms with Crippen LogP contribution in [0.25, 0.3) is 5.69 Å². The molecule has 2 fully saturated rings. The number of nitrogens with one attached hydrogen (secondary N) is 2. The molecule has 0 bridgehead atoms. The maximum absolute atomic E-state index is 13.1. The first-order valence-electron chi connectivity index (χ1n) is 11.5. The Morgan fingerprint density at radius 1 is 1.24 bits per heavy atom. The van der Waals surface area contributed by atoms with E-state index in [0.29, 0.717) is 23.7 Å². The van der Waals surface area contributed by atoms with Crippen LogP contribution in [0.4, 0.5) is 5.69 Å². The molecule has 2 aromatic carbocycles. The number of anilines is 1. The Kier molecular flexibility index (Phi) is 6.24. The fourth-order valence-corrected chi connectivity index (χ4v) is 4.72. The molecule has 9 heteroatoms. The third kappa shape index (κ3) is 5.07. The molecule has 1 unspecified atom stereocenters. The number of halogens is 1. The summed E-state index contributed by atoms with van der Waals surface area (Å²) in [7, 11) is 0. The van der Waals surface area contributed by atoms with Crippen LogP contribution in [0, 0.1) is 12.8 Å². The largest absolute Gasteiger partial charge is 0.357 e. The molecular weight excluding hydrogens is 452 g/mol. The highest BCUT2D eigenvalue weighted by Crippen LogP contribution is 2.36. The lowest BCUT2D eigenvalue weighted by atomic mass is 10.0. The van der Waals surface area contributed by atoms with E-state index < -0.39 is 0 Å².